The van der Waals surface area contributed by atoms with Crippen molar-refractivity contribution in [2.45, 2.75) is 5.41 Å². The van der Waals surface area contributed by atoms with Gasteiger partial charge in [0.1, 0.15) is 0 Å². The first kappa shape index (κ1) is 29.1. The molecule has 0 radical (unpaired) electrons. The highest BCUT2D eigenvalue weighted by Crippen LogP contribution is 2.62. The van der Waals surface area contributed by atoms with Crippen molar-refractivity contribution in [3.63, 3.8) is 0 Å². The van der Waals surface area contributed by atoms with Crippen LogP contribution in [-0.4, -0.2) is 0 Å². The molecule has 0 aliphatic heterocycles. The van der Waals surface area contributed by atoms with Gasteiger partial charge in [0.05, 0.1) is 11.1 Å². The van der Waals surface area contributed by atoms with Gasteiger partial charge in [-0.1, -0.05) is 158 Å². The first-order valence-electron chi connectivity index (χ1n) is 18.1. The summed E-state index contributed by atoms with van der Waals surface area (Å²) in [6, 6.07) is 74.4. The first-order chi connectivity index (χ1) is 25.8. The van der Waals surface area contributed by atoms with Crippen LogP contribution < -0.4 is 4.90 Å². The SMILES string of the molecule is c1ccc(N(c2ccc3c(c2)C2(c4ccccc4-c4ccccc4-3)c3ccccc3-c3cc4ccccc4cc32)c2cccc3ccccc23)cc1. The second-order valence-corrected chi connectivity index (χ2v) is 14.0. The third-order valence-electron chi connectivity index (χ3n) is 11.4. The number of nitrogens with zero attached hydrogens (tertiary/aromatic N) is 1. The van der Waals surface area contributed by atoms with E-state index in [0.717, 1.165) is 17.1 Å². The van der Waals surface area contributed by atoms with Crippen molar-refractivity contribution in [2.75, 3.05) is 4.90 Å². The molecule has 2 aliphatic rings. The topological polar surface area (TPSA) is 3.24 Å². The molecule has 0 N–H and O–H groups in total. The van der Waals surface area contributed by atoms with Gasteiger partial charge < -0.3 is 4.90 Å². The lowest BCUT2D eigenvalue weighted by Crippen LogP contribution is -2.29. The van der Waals surface area contributed by atoms with Gasteiger partial charge in [-0.25, -0.2) is 0 Å². The molecule has 0 amide bonds. The summed E-state index contributed by atoms with van der Waals surface area (Å²) in [5.41, 5.74) is 15.8. The van der Waals surface area contributed by atoms with E-state index in [1.807, 2.05) is 0 Å². The van der Waals surface area contributed by atoms with Gasteiger partial charge in [-0.2, -0.15) is 0 Å². The Kier molecular flexibility index (Phi) is 6.23. The smallest absolute Gasteiger partial charge is 0.0726 e. The standard InChI is InChI=1S/C51H33N/c1-2-19-37(20-3-1)52(50-28-14-18-34-15-6-7-21-39(34)50)38-29-30-44-41-23-9-8-22-40(41)42-24-10-12-26-46(42)51(49(44)33-38)47-27-13-11-25-43(47)45-31-35-16-4-5-17-36(35)32-48(45)51/h1-33H. The van der Waals surface area contributed by atoms with E-state index >= 15 is 0 Å². The highest BCUT2D eigenvalue weighted by atomic mass is 15.1. The number of para-hydroxylation sites is 1. The third kappa shape index (κ3) is 3.99. The fourth-order valence-corrected chi connectivity index (χ4v) is 9.31. The number of anilines is 3. The van der Waals surface area contributed by atoms with Crippen LogP contribution in [0.3, 0.4) is 0 Å². The highest BCUT2D eigenvalue weighted by Gasteiger charge is 2.50. The summed E-state index contributed by atoms with van der Waals surface area (Å²) in [6.45, 7) is 0. The predicted octanol–water partition coefficient (Wildman–Crippen LogP) is 13.5. The molecule has 1 unspecified atom stereocenters. The van der Waals surface area contributed by atoms with Crippen molar-refractivity contribution >= 4 is 38.6 Å². The maximum Gasteiger partial charge on any atom is 0.0726 e. The van der Waals surface area contributed by atoms with Crippen LogP contribution in [0.2, 0.25) is 0 Å². The monoisotopic (exact) mass is 659 g/mol. The van der Waals surface area contributed by atoms with Gasteiger partial charge in [0.15, 0.2) is 0 Å². The Morgan fingerprint density at radius 3 is 1.54 bits per heavy atom. The van der Waals surface area contributed by atoms with Crippen molar-refractivity contribution in [3.8, 4) is 33.4 Å². The van der Waals surface area contributed by atoms with Crippen LogP contribution in [0.15, 0.2) is 200 Å². The molecule has 1 spiro atoms. The molecule has 242 valence electrons. The van der Waals surface area contributed by atoms with E-state index in [2.05, 4.69) is 205 Å². The molecule has 0 heterocycles. The molecular formula is C51H33N. The van der Waals surface area contributed by atoms with Crippen LogP contribution in [0.5, 0.6) is 0 Å². The van der Waals surface area contributed by atoms with Crippen LogP contribution in [0.25, 0.3) is 54.9 Å². The summed E-state index contributed by atoms with van der Waals surface area (Å²) in [4.78, 5) is 2.45. The quantitative estimate of drug-likeness (QED) is 0.182. The molecule has 0 fully saturated rings. The molecule has 0 saturated heterocycles. The Labute approximate surface area is 303 Å². The van der Waals surface area contributed by atoms with Gasteiger partial charge in [0, 0.05) is 16.8 Å². The van der Waals surface area contributed by atoms with Crippen LogP contribution in [0.1, 0.15) is 22.3 Å². The minimum absolute atomic E-state index is 0.571. The summed E-state index contributed by atoms with van der Waals surface area (Å²) in [6.07, 6.45) is 0. The van der Waals surface area contributed by atoms with Gasteiger partial charge >= 0.3 is 0 Å². The first-order valence-corrected chi connectivity index (χ1v) is 18.1. The Bertz CT molecular complexity index is 2860. The zero-order valence-corrected chi connectivity index (χ0v) is 28.5. The molecule has 9 aromatic carbocycles. The summed E-state index contributed by atoms with van der Waals surface area (Å²) >= 11 is 0. The molecule has 2 aliphatic carbocycles. The number of hydrogen-bond donors (Lipinski definition) is 0. The van der Waals surface area contributed by atoms with E-state index in [0.29, 0.717) is 0 Å². The lowest BCUT2D eigenvalue weighted by Gasteiger charge is -2.36. The van der Waals surface area contributed by atoms with Crippen molar-refractivity contribution in [1.29, 1.82) is 0 Å². The summed E-state index contributed by atoms with van der Waals surface area (Å²) in [5.74, 6) is 0. The number of benzene rings is 9. The van der Waals surface area contributed by atoms with Gasteiger partial charge in [-0.15, -0.1) is 0 Å². The Morgan fingerprint density at radius 1 is 0.288 bits per heavy atom. The number of hydrogen-bond acceptors (Lipinski definition) is 1. The molecule has 0 bridgehead atoms. The maximum absolute atomic E-state index is 2.50. The Hall–Kier alpha value is -6.70. The molecule has 1 atom stereocenters. The largest absolute Gasteiger partial charge is 0.310 e. The third-order valence-corrected chi connectivity index (χ3v) is 11.4. The van der Waals surface area contributed by atoms with Crippen molar-refractivity contribution < 1.29 is 0 Å². The summed E-state index contributed by atoms with van der Waals surface area (Å²) in [7, 11) is 0. The van der Waals surface area contributed by atoms with Crippen LogP contribution in [0, 0.1) is 0 Å². The fourth-order valence-electron chi connectivity index (χ4n) is 9.31. The lowest BCUT2D eigenvalue weighted by atomic mass is 9.65. The van der Waals surface area contributed by atoms with Crippen molar-refractivity contribution in [1.82, 2.24) is 0 Å². The van der Waals surface area contributed by atoms with Crippen LogP contribution in [0.4, 0.5) is 17.1 Å². The highest BCUT2D eigenvalue weighted by molar-refractivity contribution is 6.03. The van der Waals surface area contributed by atoms with Crippen LogP contribution in [-0.2, 0) is 5.41 Å². The molecule has 9 aromatic rings. The summed E-state index contributed by atoms with van der Waals surface area (Å²) in [5, 5.41) is 4.96. The second kappa shape index (κ2) is 11.2. The van der Waals surface area contributed by atoms with E-state index in [1.54, 1.807) is 0 Å². The molecule has 1 nitrogen and oxygen atoms in total. The van der Waals surface area contributed by atoms with E-state index in [-0.39, 0.29) is 0 Å². The maximum atomic E-state index is 2.50. The Balaban J connectivity index is 1.31. The normalized spacial score (nSPS) is 15.0. The molecular weight excluding hydrogens is 627 g/mol. The summed E-state index contributed by atoms with van der Waals surface area (Å²) < 4.78 is 0. The number of rotatable bonds is 3. The molecule has 0 aromatic heterocycles. The van der Waals surface area contributed by atoms with Crippen molar-refractivity contribution in [3.05, 3.63) is 222 Å². The number of fused-ring (bicyclic) bond motifs is 14. The molecule has 52 heavy (non-hydrogen) atoms. The fraction of sp³-hybridized carbons (Fsp3) is 0.0196. The van der Waals surface area contributed by atoms with E-state index in [4.69, 9.17) is 0 Å². The zero-order valence-electron chi connectivity index (χ0n) is 28.5. The minimum atomic E-state index is -0.571. The average Bonchev–Trinajstić information content (AvgIpc) is 3.44. The average molecular weight is 660 g/mol. The van der Waals surface area contributed by atoms with Gasteiger partial charge in [0.25, 0.3) is 0 Å². The molecule has 0 saturated carbocycles. The zero-order chi connectivity index (χ0) is 34.2. The molecule has 11 rings (SSSR count). The predicted molar refractivity (Wildman–Crippen MR) is 218 cm³/mol. The second-order valence-electron chi connectivity index (χ2n) is 14.0. The van der Waals surface area contributed by atoms with E-state index < -0.39 is 5.41 Å². The van der Waals surface area contributed by atoms with Crippen LogP contribution >= 0.6 is 0 Å². The van der Waals surface area contributed by atoms with Gasteiger partial charge in [-0.3, -0.25) is 0 Å². The van der Waals surface area contributed by atoms with E-state index in [9.17, 15) is 0 Å². The minimum Gasteiger partial charge on any atom is -0.310 e. The van der Waals surface area contributed by atoms with E-state index in [1.165, 1.54) is 77.2 Å². The molecule has 1 heteroatoms. The van der Waals surface area contributed by atoms with Gasteiger partial charge in [0.2, 0.25) is 0 Å². The lowest BCUT2D eigenvalue weighted by molar-refractivity contribution is 0.776. The Morgan fingerprint density at radius 2 is 0.808 bits per heavy atom. The van der Waals surface area contributed by atoms with Crippen molar-refractivity contribution in [2.24, 2.45) is 0 Å². The van der Waals surface area contributed by atoms with Gasteiger partial charge in [-0.05, 0) is 114 Å².